The summed E-state index contributed by atoms with van der Waals surface area (Å²) in [6, 6.07) is 32.8. The fourth-order valence-corrected chi connectivity index (χ4v) is 38.0. The fourth-order valence-electron chi connectivity index (χ4n) is 5.23. The Labute approximate surface area is 236 Å². The molecule has 0 N–H and O–H groups in total. The summed E-state index contributed by atoms with van der Waals surface area (Å²) in [5, 5.41) is 0. The molecule has 0 aromatic heterocycles. The van der Waals surface area contributed by atoms with Gasteiger partial charge < -0.3 is 0 Å². The van der Waals surface area contributed by atoms with Gasteiger partial charge in [0.25, 0.3) is 0 Å². The van der Waals surface area contributed by atoms with Crippen molar-refractivity contribution in [3.63, 3.8) is 0 Å². The van der Waals surface area contributed by atoms with Gasteiger partial charge in [-0.1, -0.05) is 0 Å². The van der Waals surface area contributed by atoms with Crippen molar-refractivity contribution in [1.29, 1.82) is 0 Å². The molecule has 2 nitrogen and oxygen atoms in total. The molecule has 5 heteroatoms. The van der Waals surface area contributed by atoms with Crippen LogP contribution < -0.4 is 10.7 Å². The van der Waals surface area contributed by atoms with E-state index in [-0.39, 0.29) is 5.97 Å². The van der Waals surface area contributed by atoms with Gasteiger partial charge in [0.15, 0.2) is 0 Å². The maximum absolute atomic E-state index is 13.7. The second-order valence-corrected chi connectivity index (χ2v) is 37.6. The zero-order chi connectivity index (χ0) is 26.4. The molecule has 0 fully saturated rings. The van der Waals surface area contributed by atoms with Gasteiger partial charge >= 0.3 is 239 Å². The summed E-state index contributed by atoms with van der Waals surface area (Å²) < 4.78 is 14.5. The van der Waals surface area contributed by atoms with Crippen LogP contribution in [0.15, 0.2) is 91.0 Å². The molecule has 0 bridgehead atoms. The van der Waals surface area contributed by atoms with Crippen LogP contribution in [0.2, 0.25) is 13.3 Å². The van der Waals surface area contributed by atoms with Crippen molar-refractivity contribution in [2.24, 2.45) is 0 Å². The van der Waals surface area contributed by atoms with Crippen LogP contribution in [0.4, 0.5) is 0 Å². The number of hydrogen-bond acceptors (Lipinski definition) is 3. The van der Waals surface area contributed by atoms with E-state index in [1.54, 1.807) is 0 Å². The molecule has 0 aliphatic rings. The van der Waals surface area contributed by atoms with Crippen LogP contribution in [0.25, 0.3) is 0 Å². The molecule has 0 heterocycles. The average Bonchev–Trinajstić information content (AvgIpc) is 2.96. The van der Waals surface area contributed by atoms with Crippen LogP contribution in [-0.2, 0) is 7.87 Å². The molecule has 0 spiro atoms. The molecule has 3 aromatic rings. The Bertz CT molecular complexity index is 926. The molecule has 0 amide bonds. The first kappa shape index (κ1) is 30.6. The minimum atomic E-state index is -3.53. The number of carbonyl (C=O) groups is 1. The van der Waals surface area contributed by atoms with Crippen LogP contribution >= 0.6 is 8.95 Å². The van der Waals surface area contributed by atoms with E-state index in [4.69, 9.17) is 3.07 Å². The van der Waals surface area contributed by atoms with E-state index >= 15 is 0 Å². The standard InChI is InChI=1S/3C6H5.3C4H9.C2H4O2S.2Sn/c3*1-2-4-6-5-3-1;3*1-3-4-2;3-2(4)1-5;;/h3*1-5H;3*1,3-4H2,2H3;5H,1H2,(H,3,4);;/q;;;;;;;2*+1/p-2. The van der Waals surface area contributed by atoms with E-state index in [1.165, 1.54) is 62.6 Å². The molecule has 0 radical (unpaired) electrons. The number of hydrogen-bond donors (Lipinski definition) is 0. The molecule has 0 aliphatic heterocycles. The van der Waals surface area contributed by atoms with E-state index in [1.807, 2.05) is 8.95 Å². The first-order valence-corrected chi connectivity index (χ1v) is 30.1. The van der Waals surface area contributed by atoms with E-state index in [0.29, 0.717) is 5.75 Å². The first-order chi connectivity index (χ1) is 18.1. The van der Waals surface area contributed by atoms with Crippen molar-refractivity contribution in [3.8, 4) is 0 Å². The molecule has 3 rings (SSSR count). The SMILES string of the molecule is CCC[CH2][Sn]([CH2]CCC)([CH2]CCC)[O]C(=O)C[S][Sn]([c]1ccccc1)([c]1ccccc1)[c]1ccccc1. The van der Waals surface area contributed by atoms with Gasteiger partial charge in [0, 0.05) is 0 Å². The molecule has 0 atom stereocenters. The van der Waals surface area contributed by atoms with Crippen molar-refractivity contribution >= 4 is 61.4 Å². The van der Waals surface area contributed by atoms with Gasteiger partial charge in [0.05, 0.1) is 0 Å². The predicted molar refractivity (Wildman–Crippen MR) is 167 cm³/mol. The normalized spacial score (nSPS) is 11.9. The van der Waals surface area contributed by atoms with Crippen LogP contribution in [0, 0.1) is 0 Å². The van der Waals surface area contributed by atoms with E-state index < -0.39 is 35.8 Å². The summed E-state index contributed by atoms with van der Waals surface area (Å²) in [5.41, 5.74) is 0. The van der Waals surface area contributed by atoms with Crippen LogP contribution in [0.3, 0.4) is 0 Å². The predicted octanol–water partition coefficient (Wildman–Crippen LogP) is 7.28. The van der Waals surface area contributed by atoms with Crippen molar-refractivity contribution in [2.45, 2.75) is 72.6 Å². The molecule has 3 aromatic carbocycles. The topological polar surface area (TPSA) is 26.3 Å². The molecular formula is C32H44O2SSn2. The summed E-state index contributed by atoms with van der Waals surface area (Å²) >= 11 is -6.53. The summed E-state index contributed by atoms with van der Waals surface area (Å²) in [6.45, 7) is 6.78. The molecule has 0 saturated heterocycles. The fraction of sp³-hybridized carbons (Fsp3) is 0.406. The number of carbonyl (C=O) groups excluding carboxylic acids is 1. The Balaban J connectivity index is 1.96. The Kier molecular flexibility index (Phi) is 13.4. The molecular weight excluding hydrogens is 686 g/mol. The first-order valence-electron chi connectivity index (χ1n) is 14.1. The van der Waals surface area contributed by atoms with Crippen LogP contribution in [0.5, 0.6) is 0 Å². The minimum absolute atomic E-state index is 0.0491. The van der Waals surface area contributed by atoms with Gasteiger partial charge in [-0.3, -0.25) is 0 Å². The van der Waals surface area contributed by atoms with E-state index in [0.717, 1.165) is 0 Å². The zero-order valence-electron chi connectivity index (χ0n) is 23.0. The Hall–Kier alpha value is -0.923. The van der Waals surface area contributed by atoms with Gasteiger partial charge in [-0.25, -0.2) is 0 Å². The Morgan fingerprint density at radius 1 is 0.622 bits per heavy atom. The third-order valence-electron chi connectivity index (χ3n) is 7.24. The Morgan fingerprint density at radius 3 is 1.30 bits per heavy atom. The zero-order valence-corrected chi connectivity index (χ0v) is 29.5. The Morgan fingerprint density at radius 2 is 0.973 bits per heavy atom. The van der Waals surface area contributed by atoms with E-state index in [2.05, 4.69) is 112 Å². The van der Waals surface area contributed by atoms with Gasteiger partial charge in [0.2, 0.25) is 0 Å². The summed E-state index contributed by atoms with van der Waals surface area (Å²) in [5.74, 6) is 0.491. The van der Waals surface area contributed by atoms with Crippen molar-refractivity contribution < 1.29 is 7.87 Å². The molecule has 0 unspecified atom stereocenters. The summed E-state index contributed by atoms with van der Waals surface area (Å²) in [6.07, 6.45) is 7.14. The summed E-state index contributed by atoms with van der Waals surface area (Å²) in [7, 11) is 1.92. The van der Waals surface area contributed by atoms with Crippen LogP contribution in [-0.4, -0.2) is 47.5 Å². The quantitative estimate of drug-likeness (QED) is 0.145. The van der Waals surface area contributed by atoms with Gasteiger partial charge in [0.1, 0.15) is 0 Å². The maximum atomic E-state index is 13.7. The molecule has 37 heavy (non-hydrogen) atoms. The third-order valence-corrected chi connectivity index (χ3v) is 40.3. The van der Waals surface area contributed by atoms with Gasteiger partial charge in [-0.15, -0.1) is 0 Å². The molecule has 0 saturated carbocycles. The average molecular weight is 730 g/mol. The van der Waals surface area contributed by atoms with Crippen molar-refractivity contribution in [2.75, 3.05) is 5.75 Å². The van der Waals surface area contributed by atoms with Crippen molar-refractivity contribution in [3.05, 3.63) is 91.0 Å². The number of unbranched alkanes of at least 4 members (excludes halogenated alkanes) is 3. The van der Waals surface area contributed by atoms with Gasteiger partial charge in [-0.05, 0) is 0 Å². The second kappa shape index (κ2) is 16.2. The molecule has 0 aliphatic carbocycles. The van der Waals surface area contributed by atoms with Crippen LogP contribution in [0.1, 0.15) is 59.3 Å². The molecule has 198 valence electrons. The monoisotopic (exact) mass is 732 g/mol. The number of rotatable bonds is 16. The second-order valence-electron chi connectivity index (χ2n) is 10.0. The number of benzene rings is 3. The van der Waals surface area contributed by atoms with Gasteiger partial charge in [-0.2, -0.15) is 0 Å². The third kappa shape index (κ3) is 8.53. The summed E-state index contributed by atoms with van der Waals surface area (Å²) in [4.78, 5) is 13.7. The van der Waals surface area contributed by atoms with Crippen molar-refractivity contribution in [1.82, 2.24) is 0 Å². The van der Waals surface area contributed by atoms with E-state index in [9.17, 15) is 4.79 Å².